The molecule has 0 saturated carbocycles. The monoisotopic (exact) mass is 636 g/mol. The fraction of sp³-hybridized carbons (Fsp3) is 0.0638. The van der Waals surface area contributed by atoms with Crippen molar-refractivity contribution >= 4 is 32.8 Å². The van der Waals surface area contributed by atoms with Crippen LogP contribution in [0, 0.1) is 0 Å². The number of rotatable bonds is 2. The molecule has 2 bridgehead atoms. The van der Waals surface area contributed by atoms with Gasteiger partial charge >= 0.3 is 0 Å². The quantitative estimate of drug-likeness (QED) is 0.190. The summed E-state index contributed by atoms with van der Waals surface area (Å²) in [6.45, 7) is 2.39. The lowest BCUT2D eigenvalue weighted by Gasteiger charge is -2.55. The Labute approximate surface area is 288 Å². The van der Waals surface area contributed by atoms with Gasteiger partial charge < -0.3 is 4.42 Å². The van der Waals surface area contributed by atoms with E-state index in [-0.39, 0.29) is 5.41 Å². The van der Waals surface area contributed by atoms with Gasteiger partial charge in [-0.1, -0.05) is 140 Å². The second kappa shape index (κ2) is 9.02. The summed E-state index contributed by atoms with van der Waals surface area (Å²) in [6, 6.07) is 55.2. The Bertz CT molecular complexity index is 2820. The van der Waals surface area contributed by atoms with Gasteiger partial charge in [-0.2, -0.15) is 4.98 Å². The second-order valence-electron chi connectivity index (χ2n) is 14.1. The number of hydrogen-bond acceptors (Lipinski definition) is 3. The first-order chi connectivity index (χ1) is 24.7. The molecule has 3 nitrogen and oxygen atoms in total. The number of para-hydroxylation sites is 1. The first-order valence-corrected chi connectivity index (χ1v) is 17.3. The van der Waals surface area contributed by atoms with Gasteiger partial charge in [-0.15, -0.1) is 0 Å². The van der Waals surface area contributed by atoms with Crippen molar-refractivity contribution in [1.29, 1.82) is 0 Å². The summed E-state index contributed by atoms with van der Waals surface area (Å²) < 4.78 is 6.70. The molecule has 7 aromatic carbocycles. The number of nitrogens with zero attached hydrogens (tertiary/aromatic N) is 2. The molecule has 4 aliphatic rings. The summed E-state index contributed by atoms with van der Waals surface area (Å²) >= 11 is 0. The van der Waals surface area contributed by atoms with Crippen molar-refractivity contribution in [2.24, 2.45) is 0 Å². The maximum Gasteiger partial charge on any atom is 0.231 e. The smallest absolute Gasteiger partial charge is 0.231 e. The van der Waals surface area contributed by atoms with E-state index in [1.807, 2.05) is 12.1 Å². The lowest BCUT2D eigenvalue weighted by molar-refractivity contribution is 0.526. The van der Waals surface area contributed by atoms with Crippen molar-refractivity contribution in [3.05, 3.63) is 191 Å². The highest BCUT2D eigenvalue weighted by Crippen LogP contribution is 2.64. The average molecular weight is 637 g/mol. The zero-order chi connectivity index (χ0) is 32.8. The molecule has 0 N–H and O–H groups in total. The molecule has 232 valence electrons. The molecule has 13 rings (SSSR count). The average Bonchev–Trinajstić information content (AvgIpc) is 3.72. The number of benzene rings is 7. The number of aromatic nitrogens is 2. The lowest BCUT2D eigenvalue weighted by Crippen LogP contribution is -2.50. The third-order valence-electron chi connectivity index (χ3n) is 12.0. The van der Waals surface area contributed by atoms with Crippen molar-refractivity contribution in [3.63, 3.8) is 0 Å². The van der Waals surface area contributed by atoms with E-state index < -0.39 is 5.41 Å². The fourth-order valence-electron chi connectivity index (χ4n) is 10.0. The highest BCUT2D eigenvalue weighted by atomic mass is 16.3. The van der Waals surface area contributed by atoms with Crippen LogP contribution < -0.4 is 0 Å². The van der Waals surface area contributed by atoms with Crippen molar-refractivity contribution in [1.82, 2.24) is 9.97 Å². The molecule has 3 heteroatoms. The minimum absolute atomic E-state index is 0.300. The van der Waals surface area contributed by atoms with E-state index in [2.05, 4.69) is 146 Å². The summed E-state index contributed by atoms with van der Waals surface area (Å²) in [5, 5.41) is 4.40. The SMILES string of the molecule is CC12c3ccccc3C(c3nc(-c4ccc5c6c(cccc46)-c4ccccc4-5)nc4oc5ccccc5c34)(c3ccccc31)c1ccccc12. The highest BCUT2D eigenvalue weighted by molar-refractivity contribution is 6.18. The van der Waals surface area contributed by atoms with Crippen LogP contribution in [0.1, 0.15) is 46.0 Å². The molecular weight excluding hydrogens is 609 g/mol. The Hall–Kier alpha value is -6.32. The van der Waals surface area contributed by atoms with Crippen molar-refractivity contribution in [3.8, 4) is 33.6 Å². The number of hydrogen-bond donors (Lipinski definition) is 0. The Kier molecular flexibility index (Phi) is 4.80. The van der Waals surface area contributed by atoms with E-state index in [4.69, 9.17) is 14.4 Å². The first-order valence-electron chi connectivity index (χ1n) is 17.3. The molecule has 50 heavy (non-hydrogen) atoms. The number of fused-ring (bicyclic) bond motifs is 6. The summed E-state index contributed by atoms with van der Waals surface area (Å²) in [7, 11) is 0. The molecular formula is C47H28N2O. The highest BCUT2D eigenvalue weighted by Gasteiger charge is 2.58. The molecule has 0 fully saturated rings. The van der Waals surface area contributed by atoms with Crippen molar-refractivity contribution < 1.29 is 4.42 Å². The first kappa shape index (κ1) is 26.6. The van der Waals surface area contributed by atoms with Crippen LogP contribution in [0.2, 0.25) is 0 Å². The Morgan fingerprint density at radius 2 is 0.920 bits per heavy atom. The molecule has 0 unspecified atom stereocenters. The normalized spacial score (nSPS) is 19.1. The maximum atomic E-state index is 6.70. The van der Waals surface area contributed by atoms with E-state index >= 15 is 0 Å². The maximum absolute atomic E-state index is 6.70. The van der Waals surface area contributed by atoms with Gasteiger partial charge in [0.05, 0.1) is 16.5 Å². The minimum atomic E-state index is -0.699. The van der Waals surface area contributed by atoms with E-state index in [1.54, 1.807) is 0 Å². The van der Waals surface area contributed by atoms with Gasteiger partial charge in [0.2, 0.25) is 5.71 Å². The molecule has 0 aliphatic heterocycles. The van der Waals surface area contributed by atoms with Gasteiger partial charge in [0.1, 0.15) is 5.58 Å². The summed E-state index contributed by atoms with van der Waals surface area (Å²) in [5.41, 5.74) is 15.2. The lowest BCUT2D eigenvalue weighted by atomic mass is 9.46. The van der Waals surface area contributed by atoms with E-state index in [0.29, 0.717) is 11.5 Å². The zero-order valence-corrected chi connectivity index (χ0v) is 27.2. The zero-order valence-electron chi connectivity index (χ0n) is 27.2. The summed E-state index contributed by atoms with van der Waals surface area (Å²) in [5.74, 6) is 0.673. The van der Waals surface area contributed by atoms with E-state index in [1.165, 1.54) is 61.0 Å². The minimum Gasteiger partial charge on any atom is -0.438 e. The topological polar surface area (TPSA) is 38.9 Å². The molecule has 0 amide bonds. The van der Waals surface area contributed by atoms with Crippen LogP contribution >= 0.6 is 0 Å². The third-order valence-corrected chi connectivity index (χ3v) is 12.0. The molecule has 0 radical (unpaired) electrons. The van der Waals surface area contributed by atoms with Gasteiger partial charge in [-0.05, 0) is 85.5 Å². The molecule has 0 saturated heterocycles. The van der Waals surface area contributed by atoms with Crippen LogP contribution in [0.15, 0.2) is 156 Å². The van der Waals surface area contributed by atoms with Crippen LogP contribution in [-0.4, -0.2) is 9.97 Å². The Balaban J connectivity index is 1.27. The van der Waals surface area contributed by atoms with Gasteiger partial charge in [-0.3, -0.25) is 0 Å². The van der Waals surface area contributed by atoms with Crippen molar-refractivity contribution in [2.45, 2.75) is 17.8 Å². The Morgan fingerprint density at radius 3 is 1.58 bits per heavy atom. The van der Waals surface area contributed by atoms with E-state index in [9.17, 15) is 0 Å². The van der Waals surface area contributed by atoms with Crippen LogP contribution in [0.25, 0.3) is 66.5 Å². The Morgan fingerprint density at radius 1 is 0.420 bits per heavy atom. The molecule has 2 aromatic heterocycles. The third kappa shape index (κ3) is 2.92. The fourth-order valence-corrected chi connectivity index (χ4v) is 10.0. The van der Waals surface area contributed by atoms with Gasteiger partial charge in [0.15, 0.2) is 5.82 Å². The second-order valence-corrected chi connectivity index (χ2v) is 14.1. The number of furan rings is 1. The molecule has 0 atom stereocenters. The summed E-state index contributed by atoms with van der Waals surface area (Å²) in [4.78, 5) is 11.1. The van der Waals surface area contributed by atoms with Crippen LogP contribution in [0.5, 0.6) is 0 Å². The predicted octanol–water partition coefficient (Wildman–Crippen LogP) is 11.2. The summed E-state index contributed by atoms with van der Waals surface area (Å²) in [6.07, 6.45) is 0. The molecule has 9 aromatic rings. The van der Waals surface area contributed by atoms with E-state index in [0.717, 1.165) is 33.0 Å². The van der Waals surface area contributed by atoms with Crippen LogP contribution in [-0.2, 0) is 10.8 Å². The van der Waals surface area contributed by atoms with Gasteiger partial charge in [-0.25, -0.2) is 4.98 Å². The predicted molar refractivity (Wildman–Crippen MR) is 201 cm³/mol. The van der Waals surface area contributed by atoms with Crippen LogP contribution in [0.4, 0.5) is 0 Å². The van der Waals surface area contributed by atoms with Gasteiger partial charge in [0.25, 0.3) is 0 Å². The molecule has 0 spiro atoms. The molecule has 2 heterocycles. The largest absolute Gasteiger partial charge is 0.438 e. The molecule has 4 aliphatic carbocycles. The standard InChI is InChI=1S/C47H28N2O/c1-46-34-18-5-8-21-37(34)47(38-22-9-6-19-35(38)46,39-23-10-7-20-36(39)46)43-42-33-15-4-11-24-40(33)50-45(42)49-44(48-43)32-26-25-31-28-14-3-2-13-27(28)29-16-12-17-30(32)41(29)31/h2-26H,1H3. The van der Waals surface area contributed by atoms with Crippen LogP contribution in [0.3, 0.4) is 0 Å². The van der Waals surface area contributed by atoms with Gasteiger partial charge in [0, 0.05) is 16.4 Å². The van der Waals surface area contributed by atoms with Crippen molar-refractivity contribution in [2.75, 3.05) is 0 Å².